The molecular weight excluding hydrogens is 366 g/mol. The molecule has 1 aromatic rings. The van der Waals surface area contributed by atoms with Gasteiger partial charge in [0.1, 0.15) is 11.5 Å². The summed E-state index contributed by atoms with van der Waals surface area (Å²) in [6, 6.07) is 7.93. The van der Waals surface area contributed by atoms with E-state index in [9.17, 15) is 0 Å². The number of ether oxygens (including phenoxy) is 4. The third-order valence-electron chi connectivity index (χ3n) is 5.41. The molecule has 0 unspecified atom stereocenters. The Balaban J connectivity index is 1.81. The standard InChI is InChI=1S/C24H41NO4/c1-5-6-7-13-25-14-11-21(24(19-25)28-17-16-26-4)12-15-27-22-9-8-10-23(18-22)29-20(2)3/h8-10,18,20-21,24H,5-7,11-17,19H2,1-4H3/t21-,24+/m1/s1. The van der Waals surface area contributed by atoms with Gasteiger partial charge in [0, 0.05) is 19.7 Å². The number of methoxy groups -OCH3 is 1. The Hall–Kier alpha value is -1.30. The van der Waals surface area contributed by atoms with Crippen molar-refractivity contribution in [2.45, 2.75) is 65.1 Å². The van der Waals surface area contributed by atoms with Crippen molar-refractivity contribution in [1.82, 2.24) is 4.90 Å². The number of hydrogen-bond donors (Lipinski definition) is 0. The SMILES string of the molecule is CCCCCN1CC[C@H](CCOc2cccc(OC(C)C)c2)[C@@H](OCCOC)C1. The van der Waals surface area contributed by atoms with Gasteiger partial charge in [-0.3, -0.25) is 0 Å². The molecule has 1 heterocycles. The Morgan fingerprint density at radius 2 is 1.93 bits per heavy atom. The summed E-state index contributed by atoms with van der Waals surface area (Å²) in [5.74, 6) is 2.26. The molecule has 0 aromatic heterocycles. The third-order valence-corrected chi connectivity index (χ3v) is 5.41. The van der Waals surface area contributed by atoms with Gasteiger partial charge in [0.15, 0.2) is 0 Å². The Morgan fingerprint density at radius 1 is 1.10 bits per heavy atom. The summed E-state index contributed by atoms with van der Waals surface area (Å²) in [6.45, 7) is 11.7. The summed E-state index contributed by atoms with van der Waals surface area (Å²) < 4.78 is 23.2. The van der Waals surface area contributed by atoms with Gasteiger partial charge in [-0.05, 0) is 64.3 Å². The average molecular weight is 408 g/mol. The van der Waals surface area contributed by atoms with Crippen LogP contribution in [0.2, 0.25) is 0 Å². The molecule has 5 nitrogen and oxygen atoms in total. The fraction of sp³-hybridized carbons (Fsp3) is 0.750. The Bertz CT molecular complexity index is 551. The van der Waals surface area contributed by atoms with Crippen LogP contribution in [0, 0.1) is 5.92 Å². The van der Waals surface area contributed by atoms with Crippen LogP contribution in [0.15, 0.2) is 24.3 Å². The zero-order chi connectivity index (χ0) is 20.9. The second kappa shape index (κ2) is 13.8. The van der Waals surface area contributed by atoms with E-state index in [2.05, 4.69) is 11.8 Å². The first-order chi connectivity index (χ1) is 14.1. The highest BCUT2D eigenvalue weighted by Gasteiger charge is 2.29. The van der Waals surface area contributed by atoms with Gasteiger partial charge in [-0.15, -0.1) is 0 Å². The minimum absolute atomic E-state index is 0.165. The molecule has 1 saturated heterocycles. The zero-order valence-electron chi connectivity index (χ0n) is 18.9. The predicted octanol–water partition coefficient (Wildman–Crippen LogP) is 4.79. The maximum atomic E-state index is 6.20. The molecule has 2 rings (SSSR count). The molecule has 0 amide bonds. The topological polar surface area (TPSA) is 40.2 Å². The van der Waals surface area contributed by atoms with Crippen LogP contribution in [0.5, 0.6) is 11.5 Å². The van der Waals surface area contributed by atoms with Crippen molar-refractivity contribution < 1.29 is 18.9 Å². The first-order valence-electron chi connectivity index (χ1n) is 11.3. The lowest BCUT2D eigenvalue weighted by Crippen LogP contribution is -2.46. The van der Waals surface area contributed by atoms with Gasteiger partial charge in [0.05, 0.1) is 32.0 Å². The molecule has 0 bridgehead atoms. The van der Waals surface area contributed by atoms with Crippen LogP contribution in [0.1, 0.15) is 52.9 Å². The third kappa shape index (κ3) is 9.37. The van der Waals surface area contributed by atoms with Crippen molar-refractivity contribution in [3.8, 4) is 11.5 Å². The highest BCUT2D eigenvalue weighted by Crippen LogP contribution is 2.26. The molecule has 0 radical (unpaired) electrons. The number of hydrogen-bond acceptors (Lipinski definition) is 5. The summed E-state index contributed by atoms with van der Waals surface area (Å²) in [6.07, 6.45) is 6.47. The summed E-state index contributed by atoms with van der Waals surface area (Å²) >= 11 is 0. The molecule has 0 aliphatic carbocycles. The molecule has 1 aliphatic heterocycles. The summed E-state index contributed by atoms with van der Waals surface area (Å²) in [4.78, 5) is 2.57. The monoisotopic (exact) mass is 407 g/mol. The highest BCUT2D eigenvalue weighted by atomic mass is 16.5. The Kier molecular flexibility index (Phi) is 11.4. The van der Waals surface area contributed by atoms with Crippen molar-refractivity contribution >= 4 is 0 Å². The van der Waals surface area contributed by atoms with Gasteiger partial charge in [0.25, 0.3) is 0 Å². The predicted molar refractivity (Wildman–Crippen MR) is 118 cm³/mol. The van der Waals surface area contributed by atoms with Crippen molar-refractivity contribution in [1.29, 1.82) is 0 Å². The van der Waals surface area contributed by atoms with Crippen molar-refractivity contribution in [2.75, 3.05) is 46.6 Å². The first kappa shape index (κ1) is 24.0. The first-order valence-corrected chi connectivity index (χ1v) is 11.3. The second-order valence-electron chi connectivity index (χ2n) is 8.24. The number of piperidine rings is 1. The van der Waals surface area contributed by atoms with Crippen molar-refractivity contribution in [3.63, 3.8) is 0 Å². The molecular formula is C24H41NO4. The zero-order valence-corrected chi connectivity index (χ0v) is 18.9. The van der Waals surface area contributed by atoms with E-state index in [4.69, 9.17) is 18.9 Å². The Labute approximate surface area is 177 Å². The maximum absolute atomic E-state index is 6.20. The van der Waals surface area contributed by atoms with E-state index >= 15 is 0 Å². The van der Waals surface area contributed by atoms with Gasteiger partial charge < -0.3 is 23.8 Å². The minimum Gasteiger partial charge on any atom is -0.493 e. The summed E-state index contributed by atoms with van der Waals surface area (Å²) in [5.41, 5.74) is 0. The molecule has 0 N–H and O–H groups in total. The van der Waals surface area contributed by atoms with Gasteiger partial charge in [-0.25, -0.2) is 0 Å². The van der Waals surface area contributed by atoms with Gasteiger partial charge in [-0.2, -0.15) is 0 Å². The molecule has 0 saturated carbocycles. The van der Waals surface area contributed by atoms with Gasteiger partial charge in [-0.1, -0.05) is 25.8 Å². The van der Waals surface area contributed by atoms with Crippen LogP contribution in [-0.2, 0) is 9.47 Å². The quantitative estimate of drug-likeness (QED) is 0.415. The van der Waals surface area contributed by atoms with Crippen LogP contribution in [-0.4, -0.2) is 63.7 Å². The molecule has 2 atom stereocenters. The van der Waals surface area contributed by atoms with Crippen LogP contribution < -0.4 is 9.47 Å². The molecule has 166 valence electrons. The number of unbranched alkanes of at least 4 members (excludes halogenated alkanes) is 2. The second-order valence-corrected chi connectivity index (χ2v) is 8.24. The molecule has 29 heavy (non-hydrogen) atoms. The molecule has 0 spiro atoms. The van der Waals surface area contributed by atoms with Gasteiger partial charge in [0.2, 0.25) is 0 Å². The van der Waals surface area contributed by atoms with Gasteiger partial charge >= 0.3 is 0 Å². The smallest absolute Gasteiger partial charge is 0.123 e. The van der Waals surface area contributed by atoms with E-state index < -0.39 is 0 Å². The van der Waals surface area contributed by atoms with Crippen LogP contribution in [0.3, 0.4) is 0 Å². The molecule has 5 heteroatoms. The lowest BCUT2D eigenvalue weighted by atomic mass is 9.90. The van der Waals surface area contributed by atoms with Crippen LogP contribution in [0.25, 0.3) is 0 Å². The fourth-order valence-corrected chi connectivity index (χ4v) is 3.86. The van der Waals surface area contributed by atoms with E-state index in [1.807, 2.05) is 38.1 Å². The Morgan fingerprint density at radius 3 is 2.69 bits per heavy atom. The normalized spacial score (nSPS) is 20.2. The van der Waals surface area contributed by atoms with E-state index in [1.165, 1.54) is 32.2 Å². The van der Waals surface area contributed by atoms with E-state index in [1.54, 1.807) is 7.11 Å². The number of nitrogens with zero attached hydrogens (tertiary/aromatic N) is 1. The number of rotatable bonds is 14. The van der Waals surface area contributed by atoms with Crippen LogP contribution >= 0.6 is 0 Å². The molecule has 1 aliphatic rings. The fourth-order valence-electron chi connectivity index (χ4n) is 3.86. The van der Waals surface area contributed by atoms with Crippen molar-refractivity contribution in [2.24, 2.45) is 5.92 Å². The van der Waals surface area contributed by atoms with Crippen LogP contribution in [0.4, 0.5) is 0 Å². The maximum Gasteiger partial charge on any atom is 0.123 e. The highest BCUT2D eigenvalue weighted by molar-refractivity contribution is 5.33. The molecule has 1 aromatic carbocycles. The molecule has 1 fully saturated rings. The van der Waals surface area contributed by atoms with E-state index in [0.717, 1.165) is 31.0 Å². The lowest BCUT2D eigenvalue weighted by Gasteiger charge is -2.38. The number of benzene rings is 1. The van der Waals surface area contributed by atoms with E-state index in [-0.39, 0.29) is 12.2 Å². The summed E-state index contributed by atoms with van der Waals surface area (Å²) in [7, 11) is 1.73. The average Bonchev–Trinajstić information content (AvgIpc) is 2.69. The van der Waals surface area contributed by atoms with E-state index in [0.29, 0.717) is 25.7 Å². The largest absolute Gasteiger partial charge is 0.493 e. The number of likely N-dealkylation sites (tertiary alicyclic amines) is 1. The summed E-state index contributed by atoms with van der Waals surface area (Å²) in [5, 5.41) is 0. The van der Waals surface area contributed by atoms with Crippen molar-refractivity contribution in [3.05, 3.63) is 24.3 Å². The lowest BCUT2D eigenvalue weighted by molar-refractivity contribution is -0.0567. The minimum atomic E-state index is 0.165.